The lowest BCUT2D eigenvalue weighted by Crippen LogP contribution is -1.83. The largest absolute Gasteiger partial charge is 0.151 e. The summed E-state index contributed by atoms with van der Waals surface area (Å²) in [6.45, 7) is 4.78. The fraction of sp³-hybridized carbons (Fsp3) is 1.00. The Morgan fingerprint density at radius 1 is 1.57 bits per heavy atom. The zero-order chi connectivity index (χ0) is 5.70. The molecule has 0 aromatic rings. The predicted octanol–water partition coefficient (Wildman–Crippen LogP) is 1.49. The molecule has 0 aliphatic rings. The Morgan fingerprint density at radius 3 is 2.29 bits per heavy atom. The molecule has 0 radical (unpaired) electrons. The highest BCUT2D eigenvalue weighted by Gasteiger charge is 1.88. The molecule has 0 aromatic carbocycles. The van der Waals surface area contributed by atoms with Crippen LogP contribution < -0.4 is 0 Å². The number of nitroso groups, excluding NO2 is 1. The van der Waals surface area contributed by atoms with Gasteiger partial charge >= 0.3 is 0 Å². The summed E-state index contributed by atoms with van der Waals surface area (Å²) in [5.74, 6) is 0. The third-order valence-electron chi connectivity index (χ3n) is 0.639. The van der Waals surface area contributed by atoms with Gasteiger partial charge < -0.3 is 0 Å². The molecule has 3 heteroatoms. The van der Waals surface area contributed by atoms with Crippen molar-refractivity contribution in [2.24, 2.45) is 5.18 Å². The van der Waals surface area contributed by atoms with E-state index in [-0.39, 0.29) is 7.92 Å². The summed E-state index contributed by atoms with van der Waals surface area (Å²) in [6, 6.07) is 0. The van der Waals surface area contributed by atoms with E-state index in [0.29, 0.717) is 6.54 Å². The molecule has 0 N–H and O–H groups in total. The van der Waals surface area contributed by atoms with Gasteiger partial charge in [-0.15, -0.1) is 7.92 Å². The predicted molar refractivity (Wildman–Crippen MR) is 34.3 cm³/mol. The summed E-state index contributed by atoms with van der Waals surface area (Å²) in [5.41, 5.74) is 0. The third-order valence-corrected chi connectivity index (χ3v) is 1.73. The van der Waals surface area contributed by atoms with Crippen molar-refractivity contribution < 1.29 is 0 Å². The van der Waals surface area contributed by atoms with Gasteiger partial charge in [0.05, 0.1) is 6.54 Å². The maximum absolute atomic E-state index is 9.47. The molecule has 0 aliphatic carbocycles. The Kier molecular flexibility index (Phi) is 4.21. The first-order valence-electron chi connectivity index (χ1n) is 2.21. The molecule has 0 unspecified atom stereocenters. The van der Waals surface area contributed by atoms with Crippen LogP contribution in [0, 0.1) is 4.91 Å². The zero-order valence-corrected chi connectivity index (χ0v) is 5.61. The molecule has 7 heavy (non-hydrogen) atoms. The first kappa shape index (κ1) is 7.03. The molecule has 0 heterocycles. The molecule has 0 saturated heterocycles. The molecule has 0 amide bonds. The highest BCUT2D eigenvalue weighted by Crippen LogP contribution is 2.22. The molecule has 0 aliphatic heterocycles. The monoisotopic (exact) mass is 119 g/mol. The Hall–Kier alpha value is 0.0300. The summed E-state index contributed by atoms with van der Waals surface area (Å²) in [5, 5.41) is 2.74. The van der Waals surface area contributed by atoms with Gasteiger partial charge in [-0.05, 0) is 19.5 Å². The van der Waals surface area contributed by atoms with Crippen molar-refractivity contribution in [3.63, 3.8) is 0 Å². The van der Waals surface area contributed by atoms with Crippen molar-refractivity contribution in [2.75, 3.05) is 26.0 Å². The van der Waals surface area contributed by atoms with Crippen LogP contribution in [0.1, 0.15) is 0 Å². The van der Waals surface area contributed by atoms with Crippen LogP contribution in [0.2, 0.25) is 0 Å². The molecular weight excluding hydrogens is 109 g/mol. The second kappa shape index (κ2) is 4.20. The summed E-state index contributed by atoms with van der Waals surface area (Å²) >= 11 is 0. The van der Waals surface area contributed by atoms with Crippen LogP contribution >= 0.6 is 7.92 Å². The molecule has 0 saturated carbocycles. The van der Waals surface area contributed by atoms with Gasteiger partial charge in [0.2, 0.25) is 0 Å². The van der Waals surface area contributed by atoms with Gasteiger partial charge in [0.15, 0.2) is 0 Å². The fourth-order valence-corrected chi connectivity index (χ4v) is 0.722. The van der Waals surface area contributed by atoms with Crippen LogP contribution in [-0.2, 0) is 0 Å². The molecule has 0 atom stereocenters. The van der Waals surface area contributed by atoms with Gasteiger partial charge in [-0.3, -0.25) is 0 Å². The van der Waals surface area contributed by atoms with E-state index in [0.717, 1.165) is 6.16 Å². The van der Waals surface area contributed by atoms with Crippen molar-refractivity contribution in [1.29, 1.82) is 0 Å². The Labute approximate surface area is 45.0 Å². The molecule has 0 spiro atoms. The third kappa shape index (κ3) is 6.03. The standard InChI is InChI=1S/C4H10NOP/c1-7(2)4-3-5-6/h3-4H2,1-2H3. The second-order valence-electron chi connectivity index (χ2n) is 1.66. The fourth-order valence-electron chi connectivity index (χ4n) is 0.241. The maximum Gasteiger partial charge on any atom is 0.0850 e. The van der Waals surface area contributed by atoms with Gasteiger partial charge in [0, 0.05) is 0 Å². The molecule has 0 bridgehead atoms. The smallest absolute Gasteiger partial charge is 0.0850 e. The first-order valence-corrected chi connectivity index (χ1v) is 4.63. The van der Waals surface area contributed by atoms with E-state index in [4.69, 9.17) is 0 Å². The van der Waals surface area contributed by atoms with E-state index in [1.165, 1.54) is 0 Å². The van der Waals surface area contributed by atoms with Crippen molar-refractivity contribution in [3.8, 4) is 0 Å². The highest BCUT2D eigenvalue weighted by atomic mass is 31.1. The minimum absolute atomic E-state index is 0.0999. The first-order chi connectivity index (χ1) is 3.27. The van der Waals surface area contributed by atoms with Gasteiger partial charge in [-0.1, -0.05) is 5.18 Å². The minimum Gasteiger partial charge on any atom is -0.151 e. The van der Waals surface area contributed by atoms with Crippen molar-refractivity contribution in [2.45, 2.75) is 0 Å². The van der Waals surface area contributed by atoms with E-state index < -0.39 is 0 Å². The lowest BCUT2D eigenvalue weighted by molar-refractivity contribution is 1.12. The van der Waals surface area contributed by atoms with E-state index in [9.17, 15) is 4.91 Å². The number of nitrogens with zero attached hydrogens (tertiary/aromatic N) is 1. The van der Waals surface area contributed by atoms with Crippen LogP contribution in [-0.4, -0.2) is 26.0 Å². The molecule has 42 valence electrons. The van der Waals surface area contributed by atoms with Crippen LogP contribution in [0.25, 0.3) is 0 Å². The van der Waals surface area contributed by atoms with E-state index in [1.807, 2.05) is 0 Å². The zero-order valence-electron chi connectivity index (χ0n) is 4.72. The Morgan fingerprint density at radius 2 is 2.14 bits per heavy atom. The number of hydrogen-bond acceptors (Lipinski definition) is 2. The van der Waals surface area contributed by atoms with E-state index in [1.54, 1.807) is 0 Å². The van der Waals surface area contributed by atoms with Gasteiger partial charge in [0.1, 0.15) is 0 Å². The summed E-state index contributed by atoms with van der Waals surface area (Å²) in [6.07, 6.45) is 0.985. The summed E-state index contributed by atoms with van der Waals surface area (Å²) in [4.78, 5) is 9.47. The molecule has 2 nitrogen and oxygen atoms in total. The van der Waals surface area contributed by atoms with Gasteiger partial charge in [0.25, 0.3) is 0 Å². The van der Waals surface area contributed by atoms with Gasteiger partial charge in [-0.25, -0.2) is 0 Å². The minimum atomic E-state index is 0.0999. The van der Waals surface area contributed by atoms with E-state index in [2.05, 4.69) is 18.5 Å². The molecule has 0 aromatic heterocycles. The molecule has 0 fully saturated rings. The van der Waals surface area contributed by atoms with E-state index >= 15 is 0 Å². The Bertz CT molecular complexity index is 55.7. The highest BCUT2D eigenvalue weighted by molar-refractivity contribution is 7.56. The molecule has 0 rings (SSSR count). The summed E-state index contributed by atoms with van der Waals surface area (Å²) < 4.78 is 0. The average molecular weight is 119 g/mol. The van der Waals surface area contributed by atoms with Crippen LogP contribution in [0.4, 0.5) is 0 Å². The van der Waals surface area contributed by atoms with Crippen LogP contribution in [0.3, 0.4) is 0 Å². The normalized spacial score (nSPS) is 9.57. The van der Waals surface area contributed by atoms with Crippen molar-refractivity contribution in [1.82, 2.24) is 0 Å². The SMILES string of the molecule is CP(C)CCN=O. The quantitative estimate of drug-likeness (QED) is 0.409. The molecular formula is C4H10NOP. The van der Waals surface area contributed by atoms with Crippen molar-refractivity contribution >= 4 is 7.92 Å². The lowest BCUT2D eigenvalue weighted by atomic mass is 10.8. The lowest BCUT2D eigenvalue weighted by Gasteiger charge is -1.96. The second-order valence-corrected chi connectivity index (χ2v) is 4.26. The average Bonchev–Trinajstić information content (AvgIpc) is 1.61. The van der Waals surface area contributed by atoms with Crippen molar-refractivity contribution in [3.05, 3.63) is 4.91 Å². The van der Waals surface area contributed by atoms with Crippen LogP contribution in [0.15, 0.2) is 5.18 Å². The maximum atomic E-state index is 9.47. The topological polar surface area (TPSA) is 29.4 Å². The number of hydrogen-bond donors (Lipinski definition) is 0. The van der Waals surface area contributed by atoms with Gasteiger partial charge in [-0.2, -0.15) is 4.91 Å². The number of rotatable bonds is 3. The van der Waals surface area contributed by atoms with Crippen LogP contribution in [0.5, 0.6) is 0 Å². The summed E-state index contributed by atoms with van der Waals surface area (Å²) in [7, 11) is 0.0999. The Balaban J connectivity index is 2.81.